The van der Waals surface area contributed by atoms with E-state index in [0.717, 1.165) is 28.2 Å². The molecule has 0 radical (unpaired) electrons. The predicted octanol–water partition coefficient (Wildman–Crippen LogP) is 1.07. The summed E-state index contributed by atoms with van der Waals surface area (Å²) < 4.78 is 1.82. The molecule has 0 bridgehead atoms. The lowest BCUT2D eigenvalue weighted by Crippen LogP contribution is -2.15. The zero-order valence-corrected chi connectivity index (χ0v) is 10.8. The lowest BCUT2D eigenvalue weighted by Gasteiger charge is -2.03. The van der Waals surface area contributed by atoms with Crippen molar-refractivity contribution in [1.29, 1.82) is 0 Å². The highest BCUT2D eigenvalue weighted by atomic mass is 16.1. The van der Waals surface area contributed by atoms with E-state index >= 15 is 0 Å². The maximum Gasteiger partial charge on any atom is 0.219 e. The van der Waals surface area contributed by atoms with Gasteiger partial charge in [-0.15, -0.1) is 0 Å². The molecule has 0 spiro atoms. The molecule has 0 aliphatic carbocycles. The van der Waals surface area contributed by atoms with Crippen molar-refractivity contribution in [3.63, 3.8) is 0 Å². The van der Waals surface area contributed by atoms with Crippen molar-refractivity contribution in [2.24, 2.45) is 5.73 Å². The molecule has 0 saturated heterocycles. The second-order valence-electron chi connectivity index (χ2n) is 4.39. The van der Waals surface area contributed by atoms with Gasteiger partial charge in [-0.2, -0.15) is 10.2 Å². The van der Waals surface area contributed by atoms with Crippen molar-refractivity contribution in [2.45, 2.75) is 33.7 Å². The van der Waals surface area contributed by atoms with Crippen LogP contribution in [0, 0.1) is 20.8 Å². The smallest absolute Gasteiger partial charge is 0.219 e. The van der Waals surface area contributed by atoms with Crippen molar-refractivity contribution in [2.75, 3.05) is 0 Å². The molecule has 0 aliphatic rings. The number of carbonyl (C=O) groups excluding carboxylic acids is 1. The van der Waals surface area contributed by atoms with Gasteiger partial charge in [-0.25, -0.2) is 0 Å². The summed E-state index contributed by atoms with van der Waals surface area (Å²) in [6.45, 7) is 6.43. The zero-order valence-electron chi connectivity index (χ0n) is 10.8. The number of nitrogens with one attached hydrogen (secondary N) is 1. The predicted molar refractivity (Wildman–Crippen MR) is 67.8 cm³/mol. The molecule has 0 aromatic carbocycles. The molecule has 0 saturated carbocycles. The summed E-state index contributed by atoms with van der Waals surface area (Å²) >= 11 is 0. The van der Waals surface area contributed by atoms with Crippen LogP contribution in [0.4, 0.5) is 0 Å². The summed E-state index contributed by atoms with van der Waals surface area (Å²) in [6, 6.07) is 0. The first kappa shape index (κ1) is 12.3. The number of nitrogens with zero attached hydrogens (tertiary/aromatic N) is 3. The lowest BCUT2D eigenvalue weighted by atomic mass is 10.1. The summed E-state index contributed by atoms with van der Waals surface area (Å²) in [4.78, 5) is 10.8. The van der Waals surface area contributed by atoms with Crippen LogP contribution in [0.3, 0.4) is 0 Å². The zero-order chi connectivity index (χ0) is 13.3. The van der Waals surface area contributed by atoms with Gasteiger partial charge in [-0.1, -0.05) is 0 Å². The van der Waals surface area contributed by atoms with Gasteiger partial charge in [0.15, 0.2) is 0 Å². The molecule has 0 atom stereocenters. The Labute approximate surface area is 105 Å². The van der Waals surface area contributed by atoms with Gasteiger partial charge in [-0.05, 0) is 20.8 Å². The monoisotopic (exact) mass is 247 g/mol. The Morgan fingerprint density at radius 2 is 2.17 bits per heavy atom. The van der Waals surface area contributed by atoms with Gasteiger partial charge in [0, 0.05) is 35.5 Å². The summed E-state index contributed by atoms with van der Waals surface area (Å²) in [5, 5.41) is 11.4. The van der Waals surface area contributed by atoms with Crippen LogP contribution < -0.4 is 5.73 Å². The Morgan fingerprint density at radius 1 is 1.44 bits per heavy atom. The highest BCUT2D eigenvalue weighted by Crippen LogP contribution is 2.28. The van der Waals surface area contributed by atoms with E-state index < -0.39 is 0 Å². The molecule has 0 fully saturated rings. The Hall–Kier alpha value is -2.11. The fourth-order valence-electron chi connectivity index (χ4n) is 2.12. The Bertz CT molecular complexity index is 581. The van der Waals surface area contributed by atoms with Crippen molar-refractivity contribution in [3.8, 4) is 11.1 Å². The topological polar surface area (TPSA) is 89.6 Å². The number of aromatic amines is 1. The summed E-state index contributed by atoms with van der Waals surface area (Å²) in [6.07, 6.45) is 2.09. The number of nitrogens with two attached hydrogens (primary N) is 1. The van der Waals surface area contributed by atoms with E-state index in [1.807, 2.05) is 25.5 Å². The van der Waals surface area contributed by atoms with Gasteiger partial charge in [0.05, 0.1) is 11.9 Å². The second-order valence-corrected chi connectivity index (χ2v) is 4.39. The average molecular weight is 247 g/mol. The first-order valence-corrected chi connectivity index (χ1v) is 5.83. The van der Waals surface area contributed by atoms with Crippen molar-refractivity contribution in [1.82, 2.24) is 20.0 Å². The number of rotatable bonds is 4. The molecule has 1 amide bonds. The fraction of sp³-hybridized carbons (Fsp3) is 0.417. The molecule has 3 N–H and O–H groups in total. The number of primary amides is 1. The van der Waals surface area contributed by atoms with E-state index in [1.54, 1.807) is 6.20 Å². The third kappa shape index (κ3) is 2.13. The van der Waals surface area contributed by atoms with Gasteiger partial charge in [0.2, 0.25) is 5.91 Å². The number of hydrogen-bond acceptors (Lipinski definition) is 3. The van der Waals surface area contributed by atoms with E-state index in [4.69, 9.17) is 5.73 Å². The quantitative estimate of drug-likeness (QED) is 0.847. The minimum absolute atomic E-state index is 0.297. The standard InChI is InChI=1S/C12H17N5O/c1-7-10(6-14-15-7)12-8(2)16-17(9(12)3)5-4-11(13)18/h6H,4-5H2,1-3H3,(H2,13,18)(H,14,15). The van der Waals surface area contributed by atoms with Gasteiger partial charge in [0.1, 0.15) is 0 Å². The van der Waals surface area contributed by atoms with E-state index in [0.29, 0.717) is 13.0 Å². The van der Waals surface area contributed by atoms with E-state index in [1.165, 1.54) is 0 Å². The van der Waals surface area contributed by atoms with Crippen LogP contribution in [0.1, 0.15) is 23.5 Å². The molecule has 2 rings (SSSR count). The number of aryl methyl sites for hydroxylation is 3. The molecule has 6 heteroatoms. The van der Waals surface area contributed by atoms with Crippen LogP contribution in [0.5, 0.6) is 0 Å². The lowest BCUT2D eigenvalue weighted by molar-refractivity contribution is -0.118. The van der Waals surface area contributed by atoms with Gasteiger partial charge in [0.25, 0.3) is 0 Å². The van der Waals surface area contributed by atoms with E-state index in [9.17, 15) is 4.79 Å². The normalized spacial score (nSPS) is 10.8. The molecule has 2 aromatic heterocycles. The number of amides is 1. The Morgan fingerprint density at radius 3 is 2.72 bits per heavy atom. The third-order valence-corrected chi connectivity index (χ3v) is 3.05. The SMILES string of the molecule is Cc1nn(CCC(N)=O)c(C)c1-c1cn[nH]c1C. The van der Waals surface area contributed by atoms with Crippen LogP contribution in [-0.2, 0) is 11.3 Å². The maximum atomic E-state index is 10.8. The number of hydrogen-bond donors (Lipinski definition) is 2. The average Bonchev–Trinajstić information content (AvgIpc) is 2.81. The number of carbonyl (C=O) groups is 1. The Kier molecular flexibility index (Phi) is 3.18. The minimum atomic E-state index is -0.316. The first-order valence-electron chi connectivity index (χ1n) is 5.83. The summed E-state index contributed by atoms with van der Waals surface area (Å²) in [5.74, 6) is -0.316. The van der Waals surface area contributed by atoms with Crippen LogP contribution >= 0.6 is 0 Å². The molecule has 96 valence electrons. The van der Waals surface area contributed by atoms with E-state index in [2.05, 4.69) is 15.3 Å². The molecule has 0 aliphatic heterocycles. The molecular formula is C12H17N5O. The van der Waals surface area contributed by atoms with Crippen molar-refractivity contribution >= 4 is 5.91 Å². The highest BCUT2D eigenvalue weighted by molar-refractivity contribution is 5.74. The molecule has 2 aromatic rings. The third-order valence-electron chi connectivity index (χ3n) is 3.05. The number of H-pyrrole nitrogens is 1. The van der Waals surface area contributed by atoms with Crippen LogP contribution in [-0.4, -0.2) is 25.9 Å². The minimum Gasteiger partial charge on any atom is -0.370 e. The van der Waals surface area contributed by atoms with Gasteiger partial charge in [-0.3, -0.25) is 14.6 Å². The van der Waals surface area contributed by atoms with Gasteiger partial charge >= 0.3 is 0 Å². The number of aromatic nitrogens is 4. The maximum absolute atomic E-state index is 10.8. The molecule has 18 heavy (non-hydrogen) atoms. The Balaban J connectivity index is 2.38. The highest BCUT2D eigenvalue weighted by Gasteiger charge is 2.16. The second kappa shape index (κ2) is 4.64. The summed E-state index contributed by atoms with van der Waals surface area (Å²) in [7, 11) is 0. The van der Waals surface area contributed by atoms with Crippen LogP contribution in [0.25, 0.3) is 11.1 Å². The van der Waals surface area contributed by atoms with Crippen molar-refractivity contribution in [3.05, 3.63) is 23.3 Å². The fourth-order valence-corrected chi connectivity index (χ4v) is 2.12. The molecule has 0 unspecified atom stereocenters. The van der Waals surface area contributed by atoms with Crippen LogP contribution in [0.15, 0.2) is 6.20 Å². The summed E-state index contributed by atoms with van der Waals surface area (Å²) in [5.41, 5.74) is 10.3. The molecule has 2 heterocycles. The molecular weight excluding hydrogens is 230 g/mol. The van der Waals surface area contributed by atoms with Crippen LogP contribution in [0.2, 0.25) is 0 Å². The molecule has 6 nitrogen and oxygen atoms in total. The van der Waals surface area contributed by atoms with E-state index in [-0.39, 0.29) is 5.91 Å². The largest absolute Gasteiger partial charge is 0.370 e. The van der Waals surface area contributed by atoms with Gasteiger partial charge < -0.3 is 5.73 Å². The first-order chi connectivity index (χ1) is 8.50. The van der Waals surface area contributed by atoms with Crippen molar-refractivity contribution < 1.29 is 4.79 Å².